The van der Waals surface area contributed by atoms with E-state index in [2.05, 4.69) is 0 Å². The molecule has 2 aromatic carbocycles. The van der Waals surface area contributed by atoms with E-state index in [1.165, 1.54) is 0 Å². The summed E-state index contributed by atoms with van der Waals surface area (Å²) in [5.41, 5.74) is 1.54. The molecule has 2 heterocycles. The highest BCUT2D eigenvalue weighted by atomic mass is 32.2. The van der Waals surface area contributed by atoms with Crippen LogP contribution < -0.4 is 4.31 Å². The Balaban J connectivity index is 1.61. The molecule has 10 heteroatoms. The van der Waals surface area contributed by atoms with Gasteiger partial charge >= 0.3 is 21.4 Å². The number of sulfonamides is 1. The summed E-state index contributed by atoms with van der Waals surface area (Å²) in [7, 11) is -4.56. The van der Waals surface area contributed by atoms with Gasteiger partial charge in [0.1, 0.15) is 6.61 Å². The van der Waals surface area contributed by atoms with Gasteiger partial charge < -0.3 is 9.47 Å². The zero-order chi connectivity index (χ0) is 21.3. The molecular formula is C20H18N2O7S. The highest BCUT2D eigenvalue weighted by Gasteiger charge is 2.44. The highest BCUT2D eigenvalue weighted by Crippen LogP contribution is 2.32. The number of amides is 2. The van der Waals surface area contributed by atoms with Crippen molar-refractivity contribution in [3.8, 4) is 0 Å². The molecule has 1 fully saturated rings. The van der Waals surface area contributed by atoms with Crippen LogP contribution in [0.25, 0.3) is 0 Å². The third kappa shape index (κ3) is 3.61. The fraction of sp³-hybridized carbons (Fsp3) is 0.250. The van der Waals surface area contributed by atoms with Gasteiger partial charge in [0, 0.05) is 0 Å². The smallest absolute Gasteiger partial charge is 0.445 e. The summed E-state index contributed by atoms with van der Waals surface area (Å²) >= 11 is 0. The Morgan fingerprint density at radius 3 is 2.47 bits per heavy atom. The van der Waals surface area contributed by atoms with E-state index in [0.29, 0.717) is 16.8 Å². The van der Waals surface area contributed by atoms with Crippen LogP contribution in [-0.4, -0.2) is 49.8 Å². The zero-order valence-corrected chi connectivity index (χ0v) is 16.6. The highest BCUT2D eigenvalue weighted by molar-refractivity contribution is 8.06. The molecule has 0 N–H and O–H groups in total. The van der Waals surface area contributed by atoms with E-state index in [0.717, 1.165) is 9.21 Å². The van der Waals surface area contributed by atoms with Crippen molar-refractivity contribution in [3.63, 3.8) is 0 Å². The van der Waals surface area contributed by atoms with Crippen molar-refractivity contribution in [3.05, 3.63) is 65.7 Å². The molecule has 0 unspecified atom stereocenters. The van der Waals surface area contributed by atoms with E-state index in [4.69, 9.17) is 9.47 Å². The number of para-hydroxylation sites is 1. The topological polar surface area (TPSA) is 110 Å². The second-order valence-corrected chi connectivity index (χ2v) is 8.59. The van der Waals surface area contributed by atoms with Crippen molar-refractivity contribution in [2.75, 3.05) is 17.5 Å². The number of ether oxygens (including phenoxy) is 2. The lowest BCUT2D eigenvalue weighted by Crippen LogP contribution is -2.53. The Morgan fingerprint density at radius 2 is 1.77 bits per heavy atom. The van der Waals surface area contributed by atoms with Gasteiger partial charge in [-0.1, -0.05) is 48.5 Å². The van der Waals surface area contributed by atoms with Crippen molar-refractivity contribution >= 4 is 33.0 Å². The normalized spacial score (nSPS) is 18.7. The Hall–Kier alpha value is -3.40. The molecule has 2 amide bonds. The van der Waals surface area contributed by atoms with Crippen molar-refractivity contribution in [1.82, 2.24) is 4.90 Å². The molecule has 1 saturated heterocycles. The minimum Gasteiger partial charge on any atom is -0.448 e. The lowest BCUT2D eigenvalue weighted by molar-refractivity contribution is -0.127. The summed E-state index contributed by atoms with van der Waals surface area (Å²) in [4.78, 5) is 37.4. The van der Waals surface area contributed by atoms with Crippen molar-refractivity contribution in [2.24, 2.45) is 0 Å². The van der Waals surface area contributed by atoms with E-state index in [-0.39, 0.29) is 26.2 Å². The maximum absolute atomic E-state index is 13.0. The summed E-state index contributed by atoms with van der Waals surface area (Å²) in [6, 6.07) is 14.5. The average molecular weight is 430 g/mol. The first kappa shape index (κ1) is 19.9. The van der Waals surface area contributed by atoms with Crippen LogP contribution in [0.15, 0.2) is 54.6 Å². The van der Waals surface area contributed by atoms with E-state index in [9.17, 15) is 22.8 Å². The number of fused-ring (bicyclic) bond motifs is 1. The monoisotopic (exact) mass is 430 g/mol. The lowest BCUT2D eigenvalue weighted by Gasteiger charge is -2.36. The van der Waals surface area contributed by atoms with Crippen LogP contribution in [-0.2, 0) is 37.3 Å². The molecule has 0 spiro atoms. The van der Waals surface area contributed by atoms with Crippen LogP contribution in [0.4, 0.5) is 15.3 Å². The molecular weight excluding hydrogens is 412 g/mol. The molecule has 0 aromatic heterocycles. The second kappa shape index (κ2) is 7.79. The van der Waals surface area contributed by atoms with Crippen LogP contribution in [0, 0.1) is 0 Å². The van der Waals surface area contributed by atoms with E-state index in [1.807, 2.05) is 0 Å². The summed E-state index contributed by atoms with van der Waals surface area (Å²) in [5.74, 6) is -0.548. The van der Waals surface area contributed by atoms with Gasteiger partial charge in [-0.25, -0.2) is 14.5 Å². The van der Waals surface area contributed by atoms with Crippen LogP contribution in [0.2, 0.25) is 0 Å². The molecule has 156 valence electrons. The number of hydrogen-bond donors (Lipinski definition) is 0. The molecule has 0 bridgehead atoms. The van der Waals surface area contributed by atoms with Crippen LogP contribution in [0.5, 0.6) is 0 Å². The largest absolute Gasteiger partial charge is 0.448 e. The maximum Gasteiger partial charge on any atom is 0.445 e. The first-order valence-electron chi connectivity index (χ1n) is 9.18. The van der Waals surface area contributed by atoms with E-state index < -0.39 is 33.4 Å². The number of anilines is 1. The Kier molecular flexibility index (Phi) is 5.17. The van der Waals surface area contributed by atoms with Gasteiger partial charge in [-0.2, -0.15) is 8.42 Å². The summed E-state index contributed by atoms with van der Waals surface area (Å²) < 4.78 is 36.7. The first-order chi connectivity index (χ1) is 14.4. The number of nitrogens with zero attached hydrogens (tertiary/aromatic N) is 2. The maximum atomic E-state index is 13.0. The predicted octanol–water partition coefficient (Wildman–Crippen LogP) is 2.06. The molecule has 9 nitrogen and oxygen atoms in total. The molecule has 4 rings (SSSR count). The summed E-state index contributed by atoms with van der Waals surface area (Å²) in [5, 5.41) is -1.41. The third-order valence-corrected chi connectivity index (χ3v) is 6.41. The van der Waals surface area contributed by atoms with Crippen molar-refractivity contribution < 1.29 is 32.3 Å². The predicted molar refractivity (Wildman–Crippen MR) is 105 cm³/mol. The zero-order valence-electron chi connectivity index (χ0n) is 15.8. The molecule has 2 aliphatic heterocycles. The molecule has 30 heavy (non-hydrogen) atoms. The third-order valence-electron chi connectivity index (χ3n) is 4.94. The molecule has 0 radical (unpaired) electrons. The Morgan fingerprint density at radius 1 is 1.07 bits per heavy atom. The number of carbonyl (C=O) groups excluding carboxylic acids is 3. The first-order valence-corrected chi connectivity index (χ1v) is 10.6. The molecule has 0 aliphatic carbocycles. The fourth-order valence-corrected chi connectivity index (χ4v) is 4.73. The van der Waals surface area contributed by atoms with Gasteiger partial charge in [0.2, 0.25) is 0 Å². The number of carbonyl (C=O) groups is 3. The lowest BCUT2D eigenvalue weighted by atomic mass is 9.99. The van der Waals surface area contributed by atoms with Gasteiger partial charge in [0.05, 0.1) is 18.3 Å². The summed E-state index contributed by atoms with van der Waals surface area (Å²) in [6.45, 7) is -0.849. The minimum atomic E-state index is -4.56. The quantitative estimate of drug-likeness (QED) is 0.683. The number of cyclic esters (lactones) is 1. The van der Waals surface area contributed by atoms with Gasteiger partial charge in [-0.15, -0.1) is 0 Å². The fourth-order valence-electron chi connectivity index (χ4n) is 3.53. The number of benzene rings is 2. The SMILES string of the molecule is O=C1COC(=O)N1[C@@H]1Cc2ccccc2N(S(=O)(=O)C(=O)OCc2ccccc2)C1. The molecule has 1 atom stereocenters. The number of rotatable bonds is 4. The second-order valence-electron chi connectivity index (χ2n) is 6.87. The van der Waals surface area contributed by atoms with Crippen LogP contribution in [0.1, 0.15) is 11.1 Å². The van der Waals surface area contributed by atoms with Gasteiger partial charge in [0.25, 0.3) is 5.91 Å². The van der Waals surface area contributed by atoms with Gasteiger partial charge in [-0.05, 0) is 23.6 Å². The van der Waals surface area contributed by atoms with Crippen molar-refractivity contribution in [2.45, 2.75) is 19.1 Å². The Labute approximate surface area is 172 Å². The molecule has 2 aliphatic rings. The van der Waals surface area contributed by atoms with Crippen LogP contribution in [0.3, 0.4) is 0 Å². The summed E-state index contributed by atoms with van der Waals surface area (Å²) in [6.07, 6.45) is -0.573. The molecule has 2 aromatic rings. The van der Waals surface area contributed by atoms with Gasteiger partial charge in [0.15, 0.2) is 6.61 Å². The van der Waals surface area contributed by atoms with E-state index >= 15 is 0 Å². The van der Waals surface area contributed by atoms with Crippen molar-refractivity contribution in [1.29, 1.82) is 0 Å². The van der Waals surface area contributed by atoms with E-state index in [1.54, 1.807) is 54.6 Å². The number of imide groups is 1. The van der Waals surface area contributed by atoms with Crippen LogP contribution >= 0.6 is 0 Å². The minimum absolute atomic E-state index is 0.200. The standard InChI is InChI=1S/C20H18N2O7S/c23-18-13-28-19(24)22(18)16-10-15-8-4-5-9-17(15)21(11-16)30(26,27)20(25)29-12-14-6-2-1-3-7-14/h1-9,16H,10-13H2/t16-/m1/s1. The molecule has 0 saturated carbocycles. The Bertz CT molecular complexity index is 1090. The average Bonchev–Trinajstić information content (AvgIpc) is 3.09. The number of hydrogen-bond acceptors (Lipinski definition) is 7. The van der Waals surface area contributed by atoms with Gasteiger partial charge in [-0.3, -0.25) is 9.10 Å².